The third kappa shape index (κ3) is 3.51. The molecule has 24 heavy (non-hydrogen) atoms. The fraction of sp³-hybridized carbons (Fsp3) is 0.118. The third-order valence-electron chi connectivity index (χ3n) is 3.37. The van der Waals surface area contributed by atoms with E-state index in [0.29, 0.717) is 22.1 Å². The van der Waals surface area contributed by atoms with Gasteiger partial charge in [0.1, 0.15) is 11.6 Å². The first kappa shape index (κ1) is 16.3. The van der Waals surface area contributed by atoms with Gasteiger partial charge in [-0.3, -0.25) is 9.89 Å². The zero-order chi connectivity index (χ0) is 17.1. The average Bonchev–Trinajstić information content (AvgIpc) is 3.03. The second-order valence-electron chi connectivity index (χ2n) is 5.08. The van der Waals surface area contributed by atoms with Crippen LogP contribution in [0.15, 0.2) is 53.7 Å². The lowest BCUT2D eigenvalue weighted by Crippen LogP contribution is -2.13. The first-order valence-corrected chi connectivity index (χ1v) is 8.06. The van der Waals surface area contributed by atoms with E-state index >= 15 is 0 Å². The van der Waals surface area contributed by atoms with Crippen LogP contribution in [0.2, 0.25) is 0 Å². The molecular formula is C17H13F2N3OS. The number of benzene rings is 2. The molecule has 0 radical (unpaired) electrons. The van der Waals surface area contributed by atoms with Gasteiger partial charge in [0.2, 0.25) is 5.16 Å². The summed E-state index contributed by atoms with van der Waals surface area (Å²) < 4.78 is 26.7. The average molecular weight is 345 g/mol. The van der Waals surface area contributed by atoms with Gasteiger partial charge in [-0.25, -0.2) is 13.8 Å². The van der Waals surface area contributed by atoms with E-state index in [9.17, 15) is 13.6 Å². The fourth-order valence-corrected chi connectivity index (χ4v) is 2.94. The molecule has 0 aliphatic heterocycles. The van der Waals surface area contributed by atoms with Crippen molar-refractivity contribution in [3.8, 4) is 11.4 Å². The Bertz CT molecular complexity index is 864. The Morgan fingerprint density at radius 2 is 1.83 bits per heavy atom. The van der Waals surface area contributed by atoms with Crippen LogP contribution in [-0.2, 0) is 0 Å². The van der Waals surface area contributed by atoms with E-state index in [1.165, 1.54) is 30.3 Å². The molecule has 0 bridgehead atoms. The van der Waals surface area contributed by atoms with Crippen molar-refractivity contribution in [3.63, 3.8) is 0 Å². The highest BCUT2D eigenvalue weighted by Gasteiger charge is 2.19. The Balaban J connectivity index is 1.73. The van der Waals surface area contributed by atoms with Crippen molar-refractivity contribution in [2.45, 2.75) is 17.3 Å². The minimum absolute atomic E-state index is 0.155. The highest BCUT2D eigenvalue weighted by molar-refractivity contribution is 8.00. The largest absolute Gasteiger partial charge is 0.293 e. The number of carbonyl (C=O) groups is 1. The fourth-order valence-electron chi connectivity index (χ4n) is 2.13. The first-order valence-electron chi connectivity index (χ1n) is 7.18. The van der Waals surface area contributed by atoms with Gasteiger partial charge < -0.3 is 0 Å². The van der Waals surface area contributed by atoms with Crippen LogP contribution in [-0.4, -0.2) is 26.2 Å². The summed E-state index contributed by atoms with van der Waals surface area (Å²) in [5.41, 5.74) is 0.732. The smallest absolute Gasteiger partial charge is 0.209 e. The lowest BCUT2D eigenvalue weighted by Gasteiger charge is -2.07. The molecule has 1 unspecified atom stereocenters. The number of nitrogens with zero attached hydrogens (tertiary/aromatic N) is 2. The van der Waals surface area contributed by atoms with Crippen LogP contribution < -0.4 is 0 Å². The number of H-pyrrole nitrogens is 1. The molecule has 3 aromatic rings. The molecule has 122 valence electrons. The minimum Gasteiger partial charge on any atom is -0.293 e. The Labute approximate surface area is 141 Å². The number of hydrogen-bond acceptors (Lipinski definition) is 4. The van der Waals surface area contributed by atoms with Crippen molar-refractivity contribution in [1.82, 2.24) is 15.2 Å². The summed E-state index contributed by atoms with van der Waals surface area (Å²) in [7, 11) is 0. The Hall–Kier alpha value is -2.54. The minimum atomic E-state index is -0.459. The Morgan fingerprint density at radius 1 is 1.12 bits per heavy atom. The van der Waals surface area contributed by atoms with Crippen LogP contribution in [0.4, 0.5) is 8.78 Å². The molecule has 1 aromatic heterocycles. The van der Waals surface area contributed by atoms with E-state index in [1.807, 2.05) is 0 Å². The van der Waals surface area contributed by atoms with Gasteiger partial charge in [-0.2, -0.15) is 0 Å². The summed E-state index contributed by atoms with van der Waals surface area (Å²) in [4.78, 5) is 16.5. The summed E-state index contributed by atoms with van der Waals surface area (Å²) in [6, 6.07) is 11.6. The molecule has 3 rings (SSSR count). The van der Waals surface area contributed by atoms with Crippen molar-refractivity contribution < 1.29 is 13.6 Å². The molecule has 0 spiro atoms. The highest BCUT2D eigenvalue weighted by atomic mass is 32.2. The quantitative estimate of drug-likeness (QED) is 0.558. The number of carbonyl (C=O) groups excluding carboxylic acids is 1. The van der Waals surface area contributed by atoms with Crippen molar-refractivity contribution in [2.24, 2.45) is 0 Å². The van der Waals surface area contributed by atoms with E-state index in [2.05, 4.69) is 15.2 Å². The molecule has 0 aliphatic carbocycles. The summed E-state index contributed by atoms with van der Waals surface area (Å²) >= 11 is 1.15. The Kier molecular flexibility index (Phi) is 4.71. The number of aromatic nitrogens is 3. The topological polar surface area (TPSA) is 58.6 Å². The van der Waals surface area contributed by atoms with Crippen molar-refractivity contribution in [3.05, 3.63) is 65.7 Å². The van der Waals surface area contributed by atoms with Crippen molar-refractivity contribution in [2.75, 3.05) is 0 Å². The van der Waals surface area contributed by atoms with Gasteiger partial charge in [0.15, 0.2) is 11.6 Å². The number of aromatic amines is 1. The Morgan fingerprint density at radius 3 is 2.54 bits per heavy atom. The summed E-state index contributed by atoms with van der Waals surface area (Å²) in [5, 5.41) is 6.57. The molecule has 1 heterocycles. The van der Waals surface area contributed by atoms with Crippen LogP contribution in [0.5, 0.6) is 0 Å². The zero-order valence-electron chi connectivity index (χ0n) is 12.7. The standard InChI is InChI=1S/C17H13F2N3OS/c1-10(15(23)11-6-8-12(18)9-7-11)24-17-20-16(21-22-17)13-4-2-3-5-14(13)19/h2-10H,1H3,(H,20,21,22). The molecule has 0 saturated heterocycles. The molecule has 4 nitrogen and oxygen atoms in total. The SMILES string of the molecule is CC(Sc1n[nH]c(-c2ccccc2F)n1)C(=O)c1ccc(F)cc1. The second kappa shape index (κ2) is 6.92. The van der Waals surface area contributed by atoms with Crippen LogP contribution in [0, 0.1) is 11.6 Å². The molecular weight excluding hydrogens is 332 g/mol. The third-order valence-corrected chi connectivity index (χ3v) is 4.34. The van der Waals surface area contributed by atoms with E-state index in [4.69, 9.17) is 0 Å². The van der Waals surface area contributed by atoms with Crippen LogP contribution in [0.25, 0.3) is 11.4 Å². The number of hydrogen-bond donors (Lipinski definition) is 1. The van der Waals surface area contributed by atoms with E-state index < -0.39 is 16.9 Å². The normalized spacial score (nSPS) is 12.1. The molecule has 7 heteroatoms. The van der Waals surface area contributed by atoms with Gasteiger partial charge in [-0.05, 0) is 43.3 Å². The number of Topliss-reactive ketones (excluding diaryl/α,β-unsaturated/α-hetero) is 1. The molecule has 0 fully saturated rings. The maximum atomic E-state index is 13.7. The van der Waals surface area contributed by atoms with Crippen molar-refractivity contribution >= 4 is 17.5 Å². The van der Waals surface area contributed by atoms with Gasteiger partial charge in [0.25, 0.3) is 0 Å². The number of nitrogens with one attached hydrogen (secondary N) is 1. The number of thioether (sulfide) groups is 1. The molecule has 0 aliphatic rings. The molecule has 2 aromatic carbocycles. The molecule has 0 amide bonds. The molecule has 1 atom stereocenters. The van der Waals surface area contributed by atoms with Gasteiger partial charge in [0.05, 0.1) is 10.8 Å². The number of halogens is 2. The number of rotatable bonds is 5. The van der Waals surface area contributed by atoms with Gasteiger partial charge >= 0.3 is 0 Å². The predicted octanol–water partition coefficient (Wildman–Crippen LogP) is 4.11. The molecule has 1 N–H and O–H groups in total. The zero-order valence-corrected chi connectivity index (χ0v) is 13.5. The summed E-state index contributed by atoms with van der Waals surface area (Å²) in [5.74, 6) is -0.648. The van der Waals surface area contributed by atoms with Gasteiger partial charge in [-0.1, -0.05) is 23.9 Å². The second-order valence-corrected chi connectivity index (χ2v) is 6.39. The van der Waals surface area contributed by atoms with Gasteiger partial charge in [-0.15, -0.1) is 5.10 Å². The highest BCUT2D eigenvalue weighted by Crippen LogP contribution is 2.25. The predicted molar refractivity (Wildman–Crippen MR) is 87.8 cm³/mol. The summed E-state index contributed by atoms with van der Waals surface area (Å²) in [6.07, 6.45) is 0. The van der Waals surface area contributed by atoms with E-state index in [1.54, 1.807) is 25.1 Å². The van der Waals surface area contributed by atoms with Crippen LogP contribution in [0.1, 0.15) is 17.3 Å². The van der Waals surface area contributed by atoms with E-state index in [0.717, 1.165) is 11.8 Å². The monoisotopic (exact) mass is 345 g/mol. The lowest BCUT2D eigenvalue weighted by atomic mass is 10.1. The first-order chi connectivity index (χ1) is 11.5. The maximum Gasteiger partial charge on any atom is 0.209 e. The molecule has 0 saturated carbocycles. The van der Waals surface area contributed by atoms with Crippen LogP contribution >= 0.6 is 11.8 Å². The van der Waals surface area contributed by atoms with E-state index in [-0.39, 0.29) is 5.78 Å². The lowest BCUT2D eigenvalue weighted by molar-refractivity contribution is 0.0994. The summed E-state index contributed by atoms with van der Waals surface area (Å²) in [6.45, 7) is 1.72. The van der Waals surface area contributed by atoms with Gasteiger partial charge in [0, 0.05) is 5.56 Å². The number of ketones is 1. The maximum absolute atomic E-state index is 13.7. The van der Waals surface area contributed by atoms with Crippen molar-refractivity contribution in [1.29, 1.82) is 0 Å². The van der Waals surface area contributed by atoms with Crippen LogP contribution in [0.3, 0.4) is 0 Å².